The molecule has 2 aromatic rings. The SMILES string of the molecule is CC(C)C(NC(=O)c1ccc(CN2CCCC2=O)cc1)c1ccc2c(c1)OCCO2. The molecule has 1 fully saturated rings. The molecule has 1 N–H and O–H groups in total. The normalized spacial score (nSPS) is 16.6. The Hall–Kier alpha value is -3.02. The first kappa shape index (κ1) is 20.3. The topological polar surface area (TPSA) is 67.9 Å². The van der Waals surface area contributed by atoms with Crippen molar-refractivity contribution in [3.05, 3.63) is 59.2 Å². The van der Waals surface area contributed by atoms with Crippen LogP contribution in [0.3, 0.4) is 0 Å². The molecule has 2 heterocycles. The Bertz CT molecular complexity index is 923. The lowest BCUT2D eigenvalue weighted by Crippen LogP contribution is -2.32. The van der Waals surface area contributed by atoms with Crippen LogP contribution in [-0.2, 0) is 11.3 Å². The lowest BCUT2D eigenvalue weighted by molar-refractivity contribution is -0.128. The molecule has 1 unspecified atom stereocenters. The largest absolute Gasteiger partial charge is 0.486 e. The van der Waals surface area contributed by atoms with Gasteiger partial charge in [-0.1, -0.05) is 32.0 Å². The number of carbonyl (C=O) groups is 2. The summed E-state index contributed by atoms with van der Waals surface area (Å²) in [7, 11) is 0. The van der Waals surface area contributed by atoms with E-state index in [1.807, 2.05) is 47.4 Å². The average Bonchev–Trinajstić information content (AvgIpc) is 3.16. The zero-order chi connectivity index (χ0) is 21.1. The number of rotatable bonds is 6. The summed E-state index contributed by atoms with van der Waals surface area (Å²) in [6, 6.07) is 13.2. The van der Waals surface area contributed by atoms with Crippen molar-refractivity contribution in [2.45, 2.75) is 39.3 Å². The van der Waals surface area contributed by atoms with E-state index in [0.717, 1.165) is 35.6 Å². The highest BCUT2D eigenvalue weighted by Gasteiger charge is 2.23. The summed E-state index contributed by atoms with van der Waals surface area (Å²) in [5, 5.41) is 3.16. The van der Waals surface area contributed by atoms with Gasteiger partial charge in [0.2, 0.25) is 5.91 Å². The molecule has 1 atom stereocenters. The van der Waals surface area contributed by atoms with Gasteiger partial charge in [0, 0.05) is 25.1 Å². The van der Waals surface area contributed by atoms with E-state index in [1.54, 1.807) is 0 Å². The van der Waals surface area contributed by atoms with Gasteiger partial charge in [0.05, 0.1) is 6.04 Å². The molecule has 0 radical (unpaired) electrons. The third kappa shape index (κ3) is 4.42. The third-order valence-electron chi connectivity index (χ3n) is 5.64. The Balaban J connectivity index is 1.45. The Morgan fingerprint density at radius 3 is 2.47 bits per heavy atom. The maximum absolute atomic E-state index is 12.9. The molecule has 6 nitrogen and oxygen atoms in total. The summed E-state index contributed by atoms with van der Waals surface area (Å²) in [4.78, 5) is 26.6. The number of fused-ring (bicyclic) bond motifs is 1. The lowest BCUT2D eigenvalue weighted by atomic mass is 9.95. The second-order valence-corrected chi connectivity index (χ2v) is 8.21. The smallest absolute Gasteiger partial charge is 0.251 e. The zero-order valence-corrected chi connectivity index (χ0v) is 17.5. The van der Waals surface area contributed by atoms with Gasteiger partial charge in [-0.15, -0.1) is 0 Å². The second-order valence-electron chi connectivity index (χ2n) is 8.21. The van der Waals surface area contributed by atoms with Crippen LogP contribution in [0.5, 0.6) is 11.5 Å². The molecule has 30 heavy (non-hydrogen) atoms. The van der Waals surface area contributed by atoms with Crippen LogP contribution in [0.15, 0.2) is 42.5 Å². The van der Waals surface area contributed by atoms with E-state index >= 15 is 0 Å². The summed E-state index contributed by atoms with van der Waals surface area (Å²) in [5.74, 6) is 1.76. The van der Waals surface area contributed by atoms with Crippen LogP contribution in [0.2, 0.25) is 0 Å². The van der Waals surface area contributed by atoms with Crippen LogP contribution in [-0.4, -0.2) is 36.5 Å². The standard InChI is InChI=1S/C24H28N2O4/c1-16(2)23(19-9-10-20-21(14-19)30-13-12-29-20)25-24(28)18-7-5-17(6-8-18)15-26-11-3-4-22(26)27/h5-10,14,16,23H,3-4,11-13,15H2,1-2H3,(H,25,28). The summed E-state index contributed by atoms with van der Waals surface area (Å²) < 4.78 is 11.3. The lowest BCUT2D eigenvalue weighted by Gasteiger charge is -2.25. The number of hydrogen-bond donors (Lipinski definition) is 1. The monoisotopic (exact) mass is 408 g/mol. The van der Waals surface area contributed by atoms with Crippen molar-refractivity contribution in [2.24, 2.45) is 5.92 Å². The molecule has 2 aliphatic rings. The van der Waals surface area contributed by atoms with Gasteiger partial charge in [-0.3, -0.25) is 9.59 Å². The van der Waals surface area contributed by atoms with Crippen LogP contribution >= 0.6 is 0 Å². The Kier molecular flexibility index (Phi) is 5.93. The van der Waals surface area contributed by atoms with Crippen molar-refractivity contribution in [3.63, 3.8) is 0 Å². The van der Waals surface area contributed by atoms with Crippen molar-refractivity contribution in [1.82, 2.24) is 10.2 Å². The number of hydrogen-bond acceptors (Lipinski definition) is 4. The molecule has 2 aromatic carbocycles. The van der Waals surface area contributed by atoms with E-state index in [2.05, 4.69) is 19.2 Å². The van der Waals surface area contributed by atoms with Crippen molar-refractivity contribution in [1.29, 1.82) is 0 Å². The fourth-order valence-corrected chi connectivity index (χ4v) is 3.97. The quantitative estimate of drug-likeness (QED) is 0.791. The van der Waals surface area contributed by atoms with Crippen molar-refractivity contribution < 1.29 is 19.1 Å². The van der Waals surface area contributed by atoms with Crippen LogP contribution < -0.4 is 14.8 Å². The number of nitrogens with one attached hydrogen (secondary N) is 1. The van der Waals surface area contributed by atoms with Gasteiger partial charge in [0.15, 0.2) is 11.5 Å². The molecular formula is C24H28N2O4. The van der Waals surface area contributed by atoms with E-state index in [1.165, 1.54) is 0 Å². The van der Waals surface area contributed by atoms with Crippen LogP contribution in [0, 0.1) is 5.92 Å². The number of carbonyl (C=O) groups excluding carboxylic acids is 2. The first-order chi connectivity index (χ1) is 14.5. The van der Waals surface area contributed by atoms with Gasteiger partial charge in [-0.05, 0) is 47.7 Å². The van der Waals surface area contributed by atoms with E-state index < -0.39 is 0 Å². The molecule has 1 saturated heterocycles. The molecule has 0 saturated carbocycles. The number of benzene rings is 2. The minimum atomic E-state index is -0.143. The molecule has 6 heteroatoms. The number of nitrogens with zero attached hydrogens (tertiary/aromatic N) is 1. The third-order valence-corrected chi connectivity index (χ3v) is 5.64. The highest BCUT2D eigenvalue weighted by Crippen LogP contribution is 2.34. The van der Waals surface area contributed by atoms with Crippen molar-refractivity contribution in [3.8, 4) is 11.5 Å². The fraction of sp³-hybridized carbons (Fsp3) is 0.417. The highest BCUT2D eigenvalue weighted by molar-refractivity contribution is 5.94. The van der Waals surface area contributed by atoms with Gasteiger partial charge in [-0.2, -0.15) is 0 Å². The molecular weight excluding hydrogens is 380 g/mol. The van der Waals surface area contributed by atoms with Gasteiger partial charge < -0.3 is 19.7 Å². The van der Waals surface area contributed by atoms with E-state index in [0.29, 0.717) is 31.7 Å². The highest BCUT2D eigenvalue weighted by atomic mass is 16.6. The molecule has 158 valence electrons. The zero-order valence-electron chi connectivity index (χ0n) is 17.5. The molecule has 0 aliphatic carbocycles. The maximum atomic E-state index is 12.9. The molecule has 2 aliphatic heterocycles. The predicted octanol–water partition coefficient (Wildman–Crippen LogP) is 3.71. The van der Waals surface area contributed by atoms with Crippen LogP contribution in [0.4, 0.5) is 0 Å². The molecule has 2 amide bonds. The fourth-order valence-electron chi connectivity index (χ4n) is 3.97. The minimum absolute atomic E-state index is 0.118. The summed E-state index contributed by atoms with van der Waals surface area (Å²) >= 11 is 0. The average molecular weight is 408 g/mol. The van der Waals surface area contributed by atoms with Crippen LogP contribution in [0.1, 0.15) is 54.2 Å². The van der Waals surface area contributed by atoms with E-state index in [-0.39, 0.29) is 23.8 Å². The molecule has 0 aromatic heterocycles. The van der Waals surface area contributed by atoms with Crippen LogP contribution in [0.25, 0.3) is 0 Å². The van der Waals surface area contributed by atoms with Gasteiger partial charge in [0.1, 0.15) is 13.2 Å². The Morgan fingerprint density at radius 1 is 1.07 bits per heavy atom. The summed E-state index contributed by atoms with van der Waals surface area (Å²) in [5.41, 5.74) is 2.63. The van der Waals surface area contributed by atoms with Crippen molar-refractivity contribution >= 4 is 11.8 Å². The molecule has 0 bridgehead atoms. The Morgan fingerprint density at radius 2 is 1.80 bits per heavy atom. The van der Waals surface area contributed by atoms with Gasteiger partial charge in [0.25, 0.3) is 5.91 Å². The first-order valence-corrected chi connectivity index (χ1v) is 10.6. The molecule has 4 rings (SSSR count). The van der Waals surface area contributed by atoms with E-state index in [9.17, 15) is 9.59 Å². The first-order valence-electron chi connectivity index (χ1n) is 10.6. The van der Waals surface area contributed by atoms with Crippen molar-refractivity contribution in [2.75, 3.05) is 19.8 Å². The Labute approximate surface area is 177 Å². The summed E-state index contributed by atoms with van der Waals surface area (Å²) in [6.45, 7) is 6.66. The number of amides is 2. The second kappa shape index (κ2) is 8.78. The van der Waals surface area contributed by atoms with E-state index in [4.69, 9.17) is 9.47 Å². The van der Waals surface area contributed by atoms with Gasteiger partial charge >= 0.3 is 0 Å². The minimum Gasteiger partial charge on any atom is -0.486 e. The summed E-state index contributed by atoms with van der Waals surface area (Å²) in [6.07, 6.45) is 1.56. The van der Waals surface area contributed by atoms with Gasteiger partial charge in [-0.25, -0.2) is 0 Å². The number of ether oxygens (including phenoxy) is 2. The maximum Gasteiger partial charge on any atom is 0.251 e. The predicted molar refractivity (Wildman–Crippen MR) is 114 cm³/mol. The molecule has 0 spiro atoms. The number of likely N-dealkylation sites (tertiary alicyclic amines) is 1.